The summed E-state index contributed by atoms with van der Waals surface area (Å²) < 4.78 is 53.2. The lowest BCUT2D eigenvalue weighted by molar-refractivity contribution is 0.504. The fourth-order valence-electron chi connectivity index (χ4n) is 2.29. The fourth-order valence-corrected chi connectivity index (χ4v) is 3.36. The molecule has 0 aliphatic rings. The highest BCUT2D eigenvalue weighted by Crippen LogP contribution is 2.22. The number of hydrogen-bond acceptors (Lipinski definition) is 6. The second kappa shape index (κ2) is 7.77. The van der Waals surface area contributed by atoms with Gasteiger partial charge >= 0.3 is 0 Å². The van der Waals surface area contributed by atoms with Crippen molar-refractivity contribution in [2.75, 3.05) is 29.0 Å². The van der Waals surface area contributed by atoms with Crippen LogP contribution in [0.5, 0.6) is 0 Å². The van der Waals surface area contributed by atoms with E-state index >= 15 is 0 Å². The number of benzene rings is 2. The summed E-state index contributed by atoms with van der Waals surface area (Å²) in [7, 11) is -0.277. The zero-order chi connectivity index (χ0) is 20.3. The van der Waals surface area contributed by atoms with E-state index in [1.54, 1.807) is 18.3 Å². The average molecular weight is 405 g/mol. The molecule has 7 nitrogen and oxygen atoms in total. The Bertz CT molecular complexity index is 1090. The molecular formula is C18H17F2N5O2S. The van der Waals surface area contributed by atoms with Crippen LogP contribution in [0.25, 0.3) is 0 Å². The molecule has 1 aromatic heterocycles. The summed E-state index contributed by atoms with van der Waals surface area (Å²) >= 11 is 0. The largest absolute Gasteiger partial charge is 0.376 e. The SMILES string of the molecule is CN(C)c1cnnc(Nc2ccc(NS(=O)(=O)c3ccc(F)c(F)c3)cc2)c1. The summed E-state index contributed by atoms with van der Waals surface area (Å²) in [5.41, 5.74) is 1.80. The van der Waals surface area contributed by atoms with Crippen molar-refractivity contribution >= 4 is 32.9 Å². The van der Waals surface area contributed by atoms with Gasteiger partial charge in [-0.05, 0) is 42.5 Å². The second-order valence-electron chi connectivity index (χ2n) is 6.08. The van der Waals surface area contributed by atoms with E-state index in [0.717, 1.165) is 17.8 Å². The van der Waals surface area contributed by atoms with E-state index in [0.29, 0.717) is 17.6 Å². The molecule has 0 atom stereocenters. The van der Waals surface area contributed by atoms with Gasteiger partial charge in [0.15, 0.2) is 17.5 Å². The molecular weight excluding hydrogens is 388 g/mol. The van der Waals surface area contributed by atoms with Crippen molar-refractivity contribution < 1.29 is 17.2 Å². The summed E-state index contributed by atoms with van der Waals surface area (Å²) in [5.74, 6) is -1.82. The standard InChI is InChI=1S/C18H17F2N5O2S/c1-25(2)14-9-18(23-21-11-14)22-12-3-5-13(6-4-12)24-28(26,27)15-7-8-16(19)17(20)10-15/h3-11,24H,1-2H3,(H,22,23). The van der Waals surface area contributed by atoms with Gasteiger partial charge < -0.3 is 10.2 Å². The zero-order valence-corrected chi connectivity index (χ0v) is 15.8. The molecule has 0 bridgehead atoms. The molecule has 146 valence electrons. The van der Waals surface area contributed by atoms with Gasteiger partial charge in [-0.1, -0.05) is 0 Å². The summed E-state index contributed by atoms with van der Waals surface area (Å²) in [4.78, 5) is 1.51. The van der Waals surface area contributed by atoms with E-state index < -0.39 is 21.7 Å². The highest BCUT2D eigenvalue weighted by atomic mass is 32.2. The van der Waals surface area contributed by atoms with Crippen molar-refractivity contribution in [3.8, 4) is 0 Å². The highest BCUT2D eigenvalue weighted by Gasteiger charge is 2.16. The number of sulfonamides is 1. The summed E-state index contributed by atoms with van der Waals surface area (Å²) in [6.45, 7) is 0. The molecule has 0 saturated carbocycles. The number of anilines is 4. The van der Waals surface area contributed by atoms with E-state index in [1.165, 1.54) is 12.1 Å². The van der Waals surface area contributed by atoms with Crippen LogP contribution in [-0.2, 0) is 10.0 Å². The van der Waals surface area contributed by atoms with Gasteiger partial charge in [0, 0.05) is 31.5 Å². The van der Waals surface area contributed by atoms with Gasteiger partial charge in [-0.25, -0.2) is 17.2 Å². The maximum atomic E-state index is 13.3. The van der Waals surface area contributed by atoms with Crippen LogP contribution in [0.1, 0.15) is 0 Å². The number of rotatable bonds is 6. The van der Waals surface area contributed by atoms with Gasteiger partial charge in [0.25, 0.3) is 10.0 Å². The molecule has 2 N–H and O–H groups in total. The Labute approximate surface area is 161 Å². The molecule has 0 aliphatic carbocycles. The molecule has 0 radical (unpaired) electrons. The van der Waals surface area contributed by atoms with Crippen molar-refractivity contribution in [2.24, 2.45) is 0 Å². The molecule has 3 rings (SSSR count). The van der Waals surface area contributed by atoms with Crippen LogP contribution in [0.3, 0.4) is 0 Å². The third-order valence-corrected chi connectivity index (χ3v) is 5.15. The van der Waals surface area contributed by atoms with Crippen LogP contribution in [0, 0.1) is 11.6 Å². The summed E-state index contributed by atoms with van der Waals surface area (Å²) in [6, 6.07) is 10.6. The van der Waals surface area contributed by atoms with Gasteiger partial charge in [0.05, 0.1) is 16.8 Å². The third-order valence-electron chi connectivity index (χ3n) is 3.77. The Morgan fingerprint density at radius 3 is 2.25 bits per heavy atom. The zero-order valence-electron chi connectivity index (χ0n) is 15.0. The summed E-state index contributed by atoms with van der Waals surface area (Å²) in [5, 5.41) is 11.0. The Morgan fingerprint density at radius 1 is 0.929 bits per heavy atom. The predicted octanol–water partition coefficient (Wildman–Crippen LogP) is 3.37. The topological polar surface area (TPSA) is 87.2 Å². The van der Waals surface area contributed by atoms with E-state index in [9.17, 15) is 17.2 Å². The lowest BCUT2D eigenvalue weighted by atomic mass is 10.3. The Kier molecular flexibility index (Phi) is 5.41. The van der Waals surface area contributed by atoms with Crippen molar-refractivity contribution in [3.63, 3.8) is 0 Å². The van der Waals surface area contributed by atoms with Crippen molar-refractivity contribution in [2.45, 2.75) is 4.90 Å². The van der Waals surface area contributed by atoms with Crippen molar-refractivity contribution in [1.82, 2.24) is 10.2 Å². The minimum atomic E-state index is -4.04. The minimum absolute atomic E-state index is 0.267. The van der Waals surface area contributed by atoms with Crippen LogP contribution in [-0.4, -0.2) is 32.7 Å². The van der Waals surface area contributed by atoms with Crippen LogP contribution < -0.4 is 14.9 Å². The highest BCUT2D eigenvalue weighted by molar-refractivity contribution is 7.92. The number of aromatic nitrogens is 2. The molecule has 2 aromatic carbocycles. The molecule has 0 spiro atoms. The number of nitrogens with zero attached hydrogens (tertiary/aromatic N) is 3. The third kappa shape index (κ3) is 4.52. The Balaban J connectivity index is 1.73. The smallest absolute Gasteiger partial charge is 0.261 e. The first kappa shape index (κ1) is 19.5. The van der Waals surface area contributed by atoms with Crippen molar-refractivity contribution in [3.05, 3.63) is 66.4 Å². The molecule has 28 heavy (non-hydrogen) atoms. The molecule has 0 saturated heterocycles. The van der Waals surface area contributed by atoms with Crippen LogP contribution in [0.2, 0.25) is 0 Å². The van der Waals surface area contributed by atoms with Crippen LogP contribution >= 0.6 is 0 Å². The number of halogens is 2. The maximum Gasteiger partial charge on any atom is 0.261 e. The second-order valence-corrected chi connectivity index (χ2v) is 7.76. The van der Waals surface area contributed by atoms with E-state index in [-0.39, 0.29) is 10.6 Å². The molecule has 0 amide bonds. The van der Waals surface area contributed by atoms with Gasteiger partial charge in [-0.2, -0.15) is 5.10 Å². The monoisotopic (exact) mass is 405 g/mol. The van der Waals surface area contributed by atoms with Crippen LogP contribution in [0.15, 0.2) is 59.6 Å². The molecule has 10 heteroatoms. The summed E-state index contributed by atoms with van der Waals surface area (Å²) in [6.07, 6.45) is 1.63. The molecule has 1 heterocycles. The lowest BCUT2D eigenvalue weighted by Crippen LogP contribution is -2.13. The van der Waals surface area contributed by atoms with E-state index in [4.69, 9.17) is 0 Å². The van der Waals surface area contributed by atoms with E-state index in [2.05, 4.69) is 20.2 Å². The van der Waals surface area contributed by atoms with Gasteiger partial charge in [0.2, 0.25) is 0 Å². The normalized spacial score (nSPS) is 11.1. The fraction of sp³-hybridized carbons (Fsp3) is 0.111. The number of hydrogen-bond donors (Lipinski definition) is 2. The van der Waals surface area contributed by atoms with Crippen molar-refractivity contribution in [1.29, 1.82) is 0 Å². The molecule has 0 fully saturated rings. The maximum absolute atomic E-state index is 13.3. The van der Waals surface area contributed by atoms with Gasteiger partial charge in [-0.15, -0.1) is 5.10 Å². The van der Waals surface area contributed by atoms with Gasteiger partial charge in [-0.3, -0.25) is 4.72 Å². The first-order valence-electron chi connectivity index (χ1n) is 8.09. The first-order chi connectivity index (χ1) is 13.2. The Hall–Kier alpha value is -3.27. The quantitative estimate of drug-likeness (QED) is 0.654. The van der Waals surface area contributed by atoms with E-state index in [1.807, 2.05) is 25.1 Å². The molecule has 0 aliphatic heterocycles. The lowest BCUT2D eigenvalue weighted by Gasteiger charge is -2.13. The first-order valence-corrected chi connectivity index (χ1v) is 9.58. The molecule has 3 aromatic rings. The number of nitrogens with one attached hydrogen (secondary N) is 2. The van der Waals surface area contributed by atoms with Gasteiger partial charge in [0.1, 0.15) is 0 Å². The molecule has 0 unspecified atom stereocenters. The van der Waals surface area contributed by atoms with Crippen LogP contribution in [0.4, 0.5) is 31.7 Å². The average Bonchev–Trinajstić information content (AvgIpc) is 2.65. The predicted molar refractivity (Wildman–Crippen MR) is 103 cm³/mol. The minimum Gasteiger partial charge on any atom is -0.376 e. The Morgan fingerprint density at radius 2 is 1.61 bits per heavy atom.